The maximum Gasteiger partial charge on any atom is 0.138 e. The molecule has 2 nitrogen and oxygen atoms in total. The average molecular weight is 216 g/mol. The van der Waals surface area contributed by atoms with Crippen LogP contribution in [-0.4, -0.2) is 11.9 Å². The van der Waals surface area contributed by atoms with E-state index in [1.54, 1.807) is 0 Å². The van der Waals surface area contributed by atoms with Crippen LogP contribution in [0.1, 0.15) is 24.8 Å². The summed E-state index contributed by atoms with van der Waals surface area (Å²) < 4.78 is 5.93. The first kappa shape index (κ1) is 10.0. The van der Waals surface area contributed by atoms with E-state index in [4.69, 9.17) is 4.74 Å². The van der Waals surface area contributed by atoms with E-state index in [9.17, 15) is 4.79 Å². The number of hydrogen-bond acceptors (Lipinski definition) is 2. The van der Waals surface area contributed by atoms with E-state index in [0.717, 1.165) is 12.8 Å². The van der Waals surface area contributed by atoms with Crippen molar-refractivity contribution in [3.63, 3.8) is 0 Å². The Kier molecular flexibility index (Phi) is 2.52. The zero-order chi connectivity index (χ0) is 11.0. The summed E-state index contributed by atoms with van der Waals surface area (Å²) in [7, 11) is 0. The van der Waals surface area contributed by atoms with E-state index in [0.29, 0.717) is 18.3 Å². The lowest BCUT2D eigenvalue weighted by molar-refractivity contribution is -0.123. The van der Waals surface area contributed by atoms with E-state index < -0.39 is 0 Å². The van der Waals surface area contributed by atoms with Gasteiger partial charge in [0.2, 0.25) is 0 Å². The van der Waals surface area contributed by atoms with Crippen LogP contribution in [0.25, 0.3) is 0 Å². The topological polar surface area (TPSA) is 26.3 Å². The van der Waals surface area contributed by atoms with Gasteiger partial charge in [-0.15, -0.1) is 0 Å². The van der Waals surface area contributed by atoms with Crippen LogP contribution in [-0.2, 0) is 16.1 Å². The number of hydrogen-bond donors (Lipinski definition) is 0. The molecule has 0 aliphatic heterocycles. The quantitative estimate of drug-likeness (QED) is 0.776. The van der Waals surface area contributed by atoms with Gasteiger partial charge in [-0.05, 0) is 24.3 Å². The molecule has 16 heavy (non-hydrogen) atoms. The second-order valence-corrected chi connectivity index (χ2v) is 4.88. The fraction of sp³-hybridized carbons (Fsp3) is 0.500. The minimum Gasteiger partial charge on any atom is -0.372 e. The van der Waals surface area contributed by atoms with Gasteiger partial charge in [0.1, 0.15) is 5.78 Å². The number of benzene rings is 1. The van der Waals surface area contributed by atoms with Crippen molar-refractivity contribution in [2.75, 3.05) is 0 Å². The molecule has 0 amide bonds. The highest BCUT2D eigenvalue weighted by molar-refractivity contribution is 5.85. The van der Waals surface area contributed by atoms with Crippen LogP contribution in [0.2, 0.25) is 0 Å². The van der Waals surface area contributed by atoms with Crippen molar-refractivity contribution in [1.82, 2.24) is 0 Å². The fourth-order valence-corrected chi connectivity index (χ4v) is 3.04. The molecule has 1 aromatic rings. The Bertz CT molecular complexity index is 385. The highest BCUT2D eigenvalue weighted by atomic mass is 16.5. The lowest BCUT2D eigenvalue weighted by atomic mass is 10.00. The molecule has 2 aliphatic rings. The van der Waals surface area contributed by atoms with Crippen LogP contribution in [0.15, 0.2) is 30.3 Å². The van der Waals surface area contributed by atoms with Crippen molar-refractivity contribution in [1.29, 1.82) is 0 Å². The Morgan fingerprint density at radius 3 is 2.62 bits per heavy atom. The Labute approximate surface area is 95.6 Å². The van der Waals surface area contributed by atoms with Gasteiger partial charge in [0.05, 0.1) is 12.7 Å². The highest BCUT2D eigenvalue weighted by Gasteiger charge is 2.48. The van der Waals surface area contributed by atoms with Gasteiger partial charge in [0.25, 0.3) is 0 Å². The van der Waals surface area contributed by atoms with Gasteiger partial charge in [-0.1, -0.05) is 30.3 Å². The zero-order valence-electron chi connectivity index (χ0n) is 9.26. The third-order valence-corrected chi connectivity index (χ3v) is 3.87. The van der Waals surface area contributed by atoms with Crippen molar-refractivity contribution in [3.8, 4) is 0 Å². The molecule has 0 aromatic heterocycles. The van der Waals surface area contributed by atoms with Gasteiger partial charge in [-0.25, -0.2) is 0 Å². The van der Waals surface area contributed by atoms with E-state index in [1.807, 2.05) is 18.2 Å². The van der Waals surface area contributed by atoms with E-state index in [1.165, 1.54) is 12.0 Å². The Morgan fingerprint density at radius 2 is 2.00 bits per heavy atom. The van der Waals surface area contributed by atoms with Crippen LogP contribution < -0.4 is 0 Å². The molecule has 0 saturated heterocycles. The smallest absolute Gasteiger partial charge is 0.138 e. The van der Waals surface area contributed by atoms with E-state index in [2.05, 4.69) is 12.1 Å². The Hall–Kier alpha value is -1.15. The minimum absolute atomic E-state index is 0.202. The molecule has 2 bridgehead atoms. The van der Waals surface area contributed by atoms with Gasteiger partial charge < -0.3 is 4.74 Å². The van der Waals surface area contributed by atoms with Crippen molar-refractivity contribution < 1.29 is 9.53 Å². The van der Waals surface area contributed by atoms with Crippen LogP contribution in [0, 0.1) is 11.8 Å². The van der Waals surface area contributed by atoms with Crippen molar-refractivity contribution in [2.24, 2.45) is 11.8 Å². The molecule has 2 heteroatoms. The van der Waals surface area contributed by atoms with Crippen LogP contribution >= 0.6 is 0 Å². The summed E-state index contributed by atoms with van der Waals surface area (Å²) in [6, 6.07) is 10.2. The van der Waals surface area contributed by atoms with Crippen LogP contribution in [0.3, 0.4) is 0 Å². The lowest BCUT2D eigenvalue weighted by Crippen LogP contribution is -2.20. The number of fused-ring (bicyclic) bond motifs is 2. The number of ether oxygens (including phenoxy) is 1. The summed E-state index contributed by atoms with van der Waals surface area (Å²) in [4.78, 5) is 11.6. The molecule has 3 atom stereocenters. The van der Waals surface area contributed by atoms with Crippen molar-refractivity contribution in [2.45, 2.75) is 32.0 Å². The first-order valence-electron chi connectivity index (χ1n) is 6.03. The third-order valence-electron chi connectivity index (χ3n) is 3.87. The summed E-state index contributed by atoms with van der Waals surface area (Å²) in [6.07, 6.45) is 3.18. The summed E-state index contributed by atoms with van der Waals surface area (Å²) in [6.45, 7) is 0.645. The Balaban J connectivity index is 1.63. The SMILES string of the molecule is O=C1C[C@H]2CC[C@@H]1[C@@H]2OCc1ccccc1. The predicted molar refractivity (Wildman–Crippen MR) is 60.9 cm³/mol. The monoisotopic (exact) mass is 216 g/mol. The molecule has 1 aromatic carbocycles. The zero-order valence-corrected chi connectivity index (χ0v) is 9.26. The standard InChI is InChI=1S/C14H16O2/c15-13-8-11-6-7-12(13)14(11)16-9-10-4-2-1-3-5-10/h1-5,11-12,14H,6-9H2/t11-,12+,14-/m1/s1. The molecule has 3 rings (SSSR count). The molecule has 2 aliphatic carbocycles. The number of Topliss-reactive ketones (excluding diaryl/α,β-unsaturated/α-hetero) is 1. The number of carbonyl (C=O) groups is 1. The maximum absolute atomic E-state index is 11.6. The number of ketones is 1. The van der Waals surface area contributed by atoms with Crippen molar-refractivity contribution in [3.05, 3.63) is 35.9 Å². The van der Waals surface area contributed by atoms with Crippen molar-refractivity contribution >= 4 is 5.78 Å². The molecule has 0 N–H and O–H groups in total. The first-order valence-corrected chi connectivity index (χ1v) is 6.03. The van der Waals surface area contributed by atoms with E-state index in [-0.39, 0.29) is 12.0 Å². The predicted octanol–water partition coefficient (Wildman–Crippen LogP) is 2.57. The minimum atomic E-state index is 0.202. The highest BCUT2D eigenvalue weighted by Crippen LogP contribution is 2.44. The summed E-state index contributed by atoms with van der Waals surface area (Å²) in [5.41, 5.74) is 1.20. The molecular weight excluding hydrogens is 200 g/mol. The normalized spacial score (nSPS) is 32.2. The summed E-state index contributed by atoms with van der Waals surface area (Å²) in [5, 5.41) is 0. The van der Waals surface area contributed by atoms with Gasteiger partial charge in [0.15, 0.2) is 0 Å². The molecule has 0 unspecified atom stereocenters. The number of carbonyl (C=O) groups excluding carboxylic acids is 1. The van der Waals surface area contributed by atoms with Gasteiger partial charge >= 0.3 is 0 Å². The molecule has 2 fully saturated rings. The lowest BCUT2D eigenvalue weighted by Gasteiger charge is -2.15. The second-order valence-electron chi connectivity index (χ2n) is 4.88. The van der Waals surface area contributed by atoms with Gasteiger partial charge in [-0.2, -0.15) is 0 Å². The van der Waals surface area contributed by atoms with Crippen LogP contribution in [0.4, 0.5) is 0 Å². The largest absolute Gasteiger partial charge is 0.372 e. The number of rotatable bonds is 3. The van der Waals surface area contributed by atoms with Gasteiger partial charge in [0, 0.05) is 12.3 Å². The molecule has 84 valence electrons. The molecular formula is C14H16O2. The fourth-order valence-electron chi connectivity index (χ4n) is 3.04. The van der Waals surface area contributed by atoms with Crippen LogP contribution in [0.5, 0.6) is 0 Å². The molecule has 2 saturated carbocycles. The second kappa shape index (κ2) is 4.02. The summed E-state index contributed by atoms with van der Waals surface area (Å²) >= 11 is 0. The van der Waals surface area contributed by atoms with E-state index >= 15 is 0 Å². The summed E-state index contributed by atoms with van der Waals surface area (Å²) in [5.74, 6) is 1.13. The Morgan fingerprint density at radius 1 is 1.19 bits per heavy atom. The third kappa shape index (κ3) is 1.67. The molecule has 0 heterocycles. The van der Waals surface area contributed by atoms with Gasteiger partial charge in [-0.3, -0.25) is 4.79 Å². The maximum atomic E-state index is 11.6. The molecule has 0 radical (unpaired) electrons. The first-order chi connectivity index (χ1) is 7.84. The molecule has 0 spiro atoms. The average Bonchev–Trinajstić information content (AvgIpc) is 2.83.